The second-order valence-electron chi connectivity index (χ2n) is 9.11. The monoisotopic (exact) mass is 420 g/mol. The topological polar surface area (TPSA) is 110 Å². The number of nitrogens with two attached hydrogens (primary N) is 2. The molecule has 0 saturated heterocycles. The molecule has 0 heterocycles. The highest BCUT2D eigenvalue weighted by Crippen LogP contribution is 2.57. The van der Waals surface area contributed by atoms with Crippen LogP contribution in [0.3, 0.4) is 0 Å². The fourth-order valence-electron chi connectivity index (χ4n) is 5.04. The Kier molecular flexibility index (Phi) is 6.12. The lowest BCUT2D eigenvalue weighted by molar-refractivity contribution is -0.144. The molecule has 2 amide bonds. The molecule has 3 fully saturated rings. The normalized spacial score (nSPS) is 24.6. The first kappa shape index (κ1) is 21.5. The molecule has 5 rings (SSSR count). The lowest BCUT2D eigenvalue weighted by Crippen LogP contribution is -2.52. The van der Waals surface area contributed by atoms with Crippen molar-refractivity contribution in [3.63, 3.8) is 0 Å². The number of amides is 2. The van der Waals surface area contributed by atoms with E-state index in [4.69, 9.17) is 11.5 Å². The molecule has 6 nitrogen and oxygen atoms in total. The van der Waals surface area contributed by atoms with E-state index >= 15 is 0 Å². The minimum atomic E-state index is -0.363. The number of fused-ring (bicyclic) bond motifs is 3. The second-order valence-corrected chi connectivity index (χ2v) is 9.11. The molecule has 2 aromatic carbocycles. The average molecular weight is 421 g/mol. The number of benzene rings is 2. The van der Waals surface area contributed by atoms with Gasteiger partial charge in [-0.3, -0.25) is 9.59 Å². The summed E-state index contributed by atoms with van der Waals surface area (Å²) in [6.07, 6.45) is 5.35. The Labute approximate surface area is 183 Å². The standard InChI is InChI=1S/C25H32N4O2/c26-16-9-18-1-5-20(6-2-18)28-22(30)24-10-13-25(14-11-24,15-12-24)23(31)29-21-7-3-19(17-27)4-8-21/h1-8H,9-17,26-27H2,(H,28,30)(H,29,31). The van der Waals surface area contributed by atoms with Gasteiger partial charge in [0.2, 0.25) is 11.8 Å². The third-order valence-electron chi connectivity index (χ3n) is 7.30. The van der Waals surface area contributed by atoms with Crippen molar-refractivity contribution in [3.8, 4) is 0 Å². The molecule has 0 atom stereocenters. The molecule has 0 spiro atoms. The van der Waals surface area contributed by atoms with Crippen molar-refractivity contribution < 1.29 is 9.59 Å². The predicted molar refractivity (Wildman–Crippen MR) is 123 cm³/mol. The van der Waals surface area contributed by atoms with Crippen molar-refractivity contribution in [1.82, 2.24) is 0 Å². The molecule has 3 saturated carbocycles. The van der Waals surface area contributed by atoms with Gasteiger partial charge >= 0.3 is 0 Å². The van der Waals surface area contributed by atoms with E-state index in [1.807, 2.05) is 48.5 Å². The van der Waals surface area contributed by atoms with Gasteiger partial charge in [0.05, 0.1) is 0 Å². The largest absolute Gasteiger partial charge is 0.330 e. The van der Waals surface area contributed by atoms with Crippen LogP contribution in [-0.4, -0.2) is 18.4 Å². The first-order chi connectivity index (χ1) is 15.0. The average Bonchev–Trinajstić information content (AvgIpc) is 2.82. The highest BCUT2D eigenvalue weighted by molar-refractivity contribution is 5.98. The maximum absolute atomic E-state index is 13.1. The van der Waals surface area contributed by atoms with Gasteiger partial charge in [0.25, 0.3) is 0 Å². The van der Waals surface area contributed by atoms with Crippen LogP contribution in [0.2, 0.25) is 0 Å². The zero-order valence-corrected chi connectivity index (χ0v) is 18.0. The number of nitrogens with one attached hydrogen (secondary N) is 2. The molecular formula is C25H32N4O2. The van der Waals surface area contributed by atoms with Crippen LogP contribution in [-0.2, 0) is 22.6 Å². The zero-order chi connectivity index (χ0) is 21.9. The van der Waals surface area contributed by atoms with Crippen LogP contribution < -0.4 is 22.1 Å². The van der Waals surface area contributed by atoms with Crippen molar-refractivity contribution >= 4 is 23.2 Å². The Bertz CT molecular complexity index is 912. The molecule has 0 aliphatic heterocycles. The Morgan fingerprint density at radius 2 is 1.06 bits per heavy atom. The number of hydrogen-bond acceptors (Lipinski definition) is 4. The van der Waals surface area contributed by atoms with Crippen LogP contribution >= 0.6 is 0 Å². The lowest BCUT2D eigenvalue weighted by atomic mass is 9.53. The predicted octanol–water partition coefficient (Wildman–Crippen LogP) is 3.56. The van der Waals surface area contributed by atoms with Gasteiger partial charge in [0.15, 0.2) is 0 Å². The lowest BCUT2D eigenvalue weighted by Gasteiger charge is -2.51. The van der Waals surface area contributed by atoms with Crippen molar-refractivity contribution in [3.05, 3.63) is 59.7 Å². The molecule has 0 unspecified atom stereocenters. The summed E-state index contributed by atoms with van der Waals surface area (Å²) in [7, 11) is 0. The van der Waals surface area contributed by atoms with Crippen molar-refractivity contribution in [2.24, 2.45) is 22.3 Å². The molecule has 3 aliphatic rings. The molecule has 31 heavy (non-hydrogen) atoms. The van der Waals surface area contributed by atoms with Crippen LogP contribution in [0.25, 0.3) is 0 Å². The Balaban J connectivity index is 1.37. The molecular weight excluding hydrogens is 388 g/mol. The highest BCUT2D eigenvalue weighted by Gasteiger charge is 2.55. The van der Waals surface area contributed by atoms with Gasteiger partial charge in [0.1, 0.15) is 0 Å². The van der Waals surface area contributed by atoms with E-state index in [1.54, 1.807) is 0 Å². The van der Waals surface area contributed by atoms with E-state index in [-0.39, 0.29) is 22.6 Å². The summed E-state index contributed by atoms with van der Waals surface area (Å²) >= 11 is 0. The van der Waals surface area contributed by atoms with E-state index in [1.165, 1.54) is 5.56 Å². The van der Waals surface area contributed by atoms with Crippen molar-refractivity contribution in [2.75, 3.05) is 17.2 Å². The minimum Gasteiger partial charge on any atom is -0.330 e. The first-order valence-corrected chi connectivity index (χ1v) is 11.2. The summed E-state index contributed by atoms with van der Waals surface area (Å²) in [5.41, 5.74) is 14.4. The number of carbonyl (C=O) groups is 2. The second kappa shape index (κ2) is 8.81. The van der Waals surface area contributed by atoms with Crippen LogP contribution in [0.15, 0.2) is 48.5 Å². The van der Waals surface area contributed by atoms with E-state index in [0.29, 0.717) is 13.1 Å². The maximum Gasteiger partial charge on any atom is 0.230 e. The zero-order valence-electron chi connectivity index (χ0n) is 18.0. The summed E-state index contributed by atoms with van der Waals surface area (Å²) < 4.78 is 0. The van der Waals surface area contributed by atoms with Gasteiger partial charge in [-0.25, -0.2) is 0 Å². The van der Waals surface area contributed by atoms with Crippen molar-refractivity contribution in [2.45, 2.75) is 51.5 Å². The van der Waals surface area contributed by atoms with Crippen LogP contribution in [0.5, 0.6) is 0 Å². The highest BCUT2D eigenvalue weighted by atomic mass is 16.2. The van der Waals surface area contributed by atoms with Gasteiger partial charge in [-0.05, 0) is 86.9 Å². The Morgan fingerprint density at radius 1 is 0.677 bits per heavy atom. The summed E-state index contributed by atoms with van der Waals surface area (Å²) in [5.74, 6) is 0.169. The Hall–Kier alpha value is -2.70. The number of rotatable bonds is 7. The molecule has 0 aromatic heterocycles. The van der Waals surface area contributed by atoms with E-state index in [0.717, 1.165) is 61.9 Å². The van der Waals surface area contributed by atoms with Gasteiger partial charge in [-0.15, -0.1) is 0 Å². The van der Waals surface area contributed by atoms with E-state index in [9.17, 15) is 9.59 Å². The molecule has 0 radical (unpaired) electrons. The van der Waals surface area contributed by atoms with Gasteiger partial charge in [-0.2, -0.15) is 0 Å². The van der Waals surface area contributed by atoms with E-state index < -0.39 is 0 Å². The minimum absolute atomic E-state index is 0.0807. The fraction of sp³-hybridized carbons (Fsp3) is 0.440. The number of hydrogen-bond donors (Lipinski definition) is 4. The molecule has 2 aromatic rings. The molecule has 3 aliphatic carbocycles. The maximum atomic E-state index is 13.1. The SMILES string of the molecule is NCCc1ccc(NC(=O)C23CCC(C(=O)Nc4ccc(CN)cc4)(CC2)CC3)cc1. The third kappa shape index (κ3) is 4.36. The van der Waals surface area contributed by atoms with Crippen LogP contribution in [0.1, 0.15) is 49.7 Å². The van der Waals surface area contributed by atoms with Gasteiger partial charge < -0.3 is 22.1 Å². The third-order valence-corrected chi connectivity index (χ3v) is 7.30. The summed E-state index contributed by atoms with van der Waals surface area (Å²) in [6.45, 7) is 1.10. The number of carbonyl (C=O) groups excluding carboxylic acids is 2. The fourth-order valence-corrected chi connectivity index (χ4v) is 5.04. The summed E-state index contributed by atoms with van der Waals surface area (Å²) in [6, 6.07) is 15.6. The van der Waals surface area contributed by atoms with Crippen LogP contribution in [0.4, 0.5) is 11.4 Å². The molecule has 164 valence electrons. The molecule has 2 bridgehead atoms. The van der Waals surface area contributed by atoms with E-state index in [2.05, 4.69) is 10.6 Å². The van der Waals surface area contributed by atoms with Gasteiger partial charge in [-0.1, -0.05) is 24.3 Å². The van der Waals surface area contributed by atoms with Crippen molar-refractivity contribution in [1.29, 1.82) is 0 Å². The molecule has 6 heteroatoms. The summed E-state index contributed by atoms with van der Waals surface area (Å²) in [5, 5.41) is 6.20. The smallest absolute Gasteiger partial charge is 0.230 e. The molecule has 6 N–H and O–H groups in total. The Morgan fingerprint density at radius 3 is 1.42 bits per heavy atom. The quantitative estimate of drug-likeness (QED) is 0.549. The van der Waals surface area contributed by atoms with Crippen LogP contribution in [0, 0.1) is 10.8 Å². The first-order valence-electron chi connectivity index (χ1n) is 11.2. The summed E-state index contributed by atoms with van der Waals surface area (Å²) in [4.78, 5) is 26.2. The van der Waals surface area contributed by atoms with Gasteiger partial charge in [0, 0.05) is 28.7 Å². The number of anilines is 2.